The Labute approximate surface area is 351 Å². The molecule has 0 atom stereocenters. The average Bonchev–Trinajstić information content (AvgIpc) is 4.15. The minimum Gasteiger partial charge on any atom is -0.313 e. The lowest BCUT2D eigenvalue weighted by Gasteiger charge is -2.10. The molecule has 0 amide bonds. The van der Waals surface area contributed by atoms with Crippen LogP contribution >= 0.6 is 11.3 Å². The molecule has 0 aliphatic heterocycles. The number of benzene rings is 8. The first-order valence-electron chi connectivity index (χ1n) is 20.4. The molecule has 9 heteroatoms. The van der Waals surface area contributed by atoms with E-state index in [-0.39, 0.29) is 0 Å². The Balaban J connectivity index is 0.880. The summed E-state index contributed by atoms with van der Waals surface area (Å²) in [5.41, 5.74) is 20.1. The van der Waals surface area contributed by atoms with Crippen LogP contribution in [0.25, 0.3) is 121 Å². The van der Waals surface area contributed by atoms with Crippen LogP contribution in [0.5, 0.6) is 0 Å². The summed E-state index contributed by atoms with van der Waals surface area (Å²) >= 11 is 1.72. The van der Waals surface area contributed by atoms with Crippen LogP contribution in [0.2, 0.25) is 0 Å². The fourth-order valence-electron chi connectivity index (χ4n) is 9.65. The molecular weight excluding hydrogens is 769 g/mol. The number of nitrogens with zero attached hydrogens (tertiary/aromatic N) is 8. The summed E-state index contributed by atoms with van der Waals surface area (Å²) in [4.78, 5) is 16.1. The topological polar surface area (TPSA) is 61.8 Å². The normalized spacial score (nSPS) is 12.3. The maximum absolute atomic E-state index is 5.22. The van der Waals surface area contributed by atoms with E-state index in [4.69, 9.17) is 15.0 Å². The third-order valence-corrected chi connectivity index (χ3v) is 13.5. The van der Waals surface area contributed by atoms with Crippen molar-refractivity contribution in [1.29, 1.82) is 0 Å². The van der Waals surface area contributed by atoms with Gasteiger partial charge in [0.25, 0.3) is 0 Å². The lowest BCUT2D eigenvalue weighted by molar-refractivity contribution is 0.974. The van der Waals surface area contributed by atoms with Gasteiger partial charge in [0, 0.05) is 7.05 Å². The van der Waals surface area contributed by atoms with E-state index in [1.165, 1.54) is 27.0 Å². The van der Waals surface area contributed by atoms with Crippen molar-refractivity contribution in [2.45, 2.75) is 0 Å². The van der Waals surface area contributed by atoms with E-state index in [9.17, 15) is 0 Å². The average molecular weight is 801 g/mol. The van der Waals surface area contributed by atoms with E-state index in [1.807, 2.05) is 12.1 Å². The second-order valence-electron chi connectivity index (χ2n) is 15.9. The van der Waals surface area contributed by atoms with Gasteiger partial charge in [-0.1, -0.05) is 96.3 Å². The molecule has 0 aliphatic carbocycles. The lowest BCUT2D eigenvalue weighted by Crippen LogP contribution is -1.95. The summed E-state index contributed by atoms with van der Waals surface area (Å²) in [6, 6.07) is 63.2. The summed E-state index contributed by atoms with van der Waals surface area (Å²) in [7, 11) is 2.09. The number of imidazole rings is 5. The van der Waals surface area contributed by atoms with Gasteiger partial charge in [-0.25, -0.2) is 15.0 Å². The second-order valence-corrected chi connectivity index (χ2v) is 16.9. The zero-order chi connectivity index (χ0) is 39.9. The van der Waals surface area contributed by atoms with E-state index in [0.29, 0.717) is 0 Å². The molecule has 0 bridgehead atoms. The van der Waals surface area contributed by atoms with E-state index >= 15 is 0 Å². The molecule has 0 N–H and O–H groups in total. The van der Waals surface area contributed by atoms with Crippen LogP contribution in [-0.4, -0.2) is 37.3 Å². The highest BCUT2D eigenvalue weighted by molar-refractivity contribution is 7.23. The van der Waals surface area contributed by atoms with E-state index in [2.05, 4.69) is 193 Å². The quantitative estimate of drug-likeness (QED) is 0.178. The maximum Gasteiger partial charge on any atom is 0.220 e. The van der Waals surface area contributed by atoms with Gasteiger partial charge in [0.1, 0.15) is 0 Å². The SMILES string of the molecule is Cn1c2ccc(-c3cccc(-c4cccc(-c5ccc6c(c5)n5c7ccccc7nc5n6-c5ccc6c(c5)sc5nc7ccccc7n56)c4)c3)cc2n2c3ccccc3nc12. The van der Waals surface area contributed by atoms with Crippen LogP contribution in [0.1, 0.15) is 0 Å². The number of fused-ring (bicyclic) bond motifs is 15. The van der Waals surface area contributed by atoms with Crippen molar-refractivity contribution in [3.05, 3.63) is 176 Å². The number of rotatable bonds is 4. The first-order chi connectivity index (χ1) is 30.1. The minimum absolute atomic E-state index is 0.890. The molecule has 0 unspecified atom stereocenters. The molecule has 8 nitrogen and oxygen atoms in total. The zero-order valence-electron chi connectivity index (χ0n) is 32.7. The zero-order valence-corrected chi connectivity index (χ0v) is 33.5. The highest BCUT2D eigenvalue weighted by atomic mass is 32.1. The number of aromatic nitrogens is 8. The fourth-order valence-corrected chi connectivity index (χ4v) is 10.7. The number of hydrogen-bond donors (Lipinski definition) is 0. The van der Waals surface area contributed by atoms with Gasteiger partial charge in [-0.3, -0.25) is 17.8 Å². The van der Waals surface area contributed by atoms with Crippen LogP contribution in [0.15, 0.2) is 176 Å². The van der Waals surface area contributed by atoms with E-state index in [0.717, 1.165) is 94.0 Å². The molecule has 286 valence electrons. The fraction of sp³-hybridized carbons (Fsp3) is 0.0192. The molecule has 6 aromatic heterocycles. The number of hydrogen-bond acceptors (Lipinski definition) is 4. The summed E-state index contributed by atoms with van der Waals surface area (Å²) < 4.78 is 12.5. The molecule has 0 saturated carbocycles. The van der Waals surface area contributed by atoms with Crippen LogP contribution < -0.4 is 0 Å². The smallest absolute Gasteiger partial charge is 0.220 e. The van der Waals surface area contributed by atoms with E-state index in [1.54, 1.807) is 11.3 Å². The van der Waals surface area contributed by atoms with Crippen molar-refractivity contribution >= 4 is 93.2 Å². The summed E-state index contributed by atoms with van der Waals surface area (Å²) in [5, 5.41) is 0. The first kappa shape index (κ1) is 32.9. The van der Waals surface area contributed by atoms with Crippen molar-refractivity contribution in [3.63, 3.8) is 0 Å². The monoisotopic (exact) mass is 800 g/mol. The van der Waals surface area contributed by atoms with Gasteiger partial charge in [-0.15, -0.1) is 0 Å². The summed E-state index contributed by atoms with van der Waals surface area (Å²) in [6.45, 7) is 0. The molecule has 14 rings (SSSR count). The van der Waals surface area contributed by atoms with Gasteiger partial charge in [0.15, 0.2) is 4.96 Å². The standard InChI is InChI=1S/C52H32N8S/c1-56-44-23-20-35(28-47(44)58-41-17-5-2-14-38(41)53-50(56)58)33-12-8-10-31(26-33)32-11-9-13-34(27-32)36-21-24-45-48(29-36)59-42-18-6-3-15-39(42)54-51(59)57(45)37-22-25-46-49(30-37)61-52-55-40-16-4-7-19-43(40)60(46)52/h2-30H,1H3. The van der Waals surface area contributed by atoms with Gasteiger partial charge in [0.05, 0.1) is 71.1 Å². The van der Waals surface area contributed by atoms with Crippen LogP contribution in [0.3, 0.4) is 0 Å². The van der Waals surface area contributed by atoms with Gasteiger partial charge in [-0.05, 0) is 124 Å². The second kappa shape index (κ2) is 12.0. The molecule has 0 aliphatic rings. The van der Waals surface area contributed by atoms with Crippen molar-refractivity contribution in [1.82, 2.24) is 37.3 Å². The Morgan fingerprint density at radius 3 is 1.49 bits per heavy atom. The Morgan fingerprint density at radius 1 is 0.361 bits per heavy atom. The Hall–Kier alpha value is -8.01. The van der Waals surface area contributed by atoms with Crippen LogP contribution in [0.4, 0.5) is 0 Å². The van der Waals surface area contributed by atoms with Gasteiger partial charge in [0.2, 0.25) is 11.6 Å². The predicted octanol–water partition coefficient (Wildman–Crippen LogP) is 12.7. The maximum atomic E-state index is 5.22. The number of aryl methyl sites for hydroxylation is 1. The van der Waals surface area contributed by atoms with Crippen molar-refractivity contribution in [2.24, 2.45) is 7.05 Å². The minimum atomic E-state index is 0.890. The van der Waals surface area contributed by atoms with Crippen LogP contribution in [0, 0.1) is 0 Å². The Bertz CT molecular complexity index is 4150. The largest absolute Gasteiger partial charge is 0.313 e. The highest BCUT2D eigenvalue weighted by Gasteiger charge is 2.20. The molecule has 0 spiro atoms. The molecule has 8 aromatic carbocycles. The number of thiazole rings is 1. The highest BCUT2D eigenvalue weighted by Crippen LogP contribution is 2.38. The summed E-state index contributed by atoms with van der Waals surface area (Å²) in [5.74, 6) is 1.83. The molecule has 14 aromatic rings. The predicted molar refractivity (Wildman–Crippen MR) is 250 cm³/mol. The van der Waals surface area contributed by atoms with E-state index < -0.39 is 0 Å². The van der Waals surface area contributed by atoms with Gasteiger partial charge < -0.3 is 4.57 Å². The van der Waals surface area contributed by atoms with Crippen molar-refractivity contribution in [2.75, 3.05) is 0 Å². The summed E-state index contributed by atoms with van der Waals surface area (Å²) in [6.07, 6.45) is 0. The van der Waals surface area contributed by atoms with Gasteiger partial charge in [-0.2, -0.15) is 0 Å². The molecular formula is C52H32N8S. The molecule has 6 heterocycles. The third-order valence-electron chi connectivity index (χ3n) is 12.5. The Morgan fingerprint density at radius 2 is 0.852 bits per heavy atom. The molecule has 0 saturated heterocycles. The number of para-hydroxylation sites is 6. The van der Waals surface area contributed by atoms with Crippen molar-refractivity contribution < 1.29 is 0 Å². The van der Waals surface area contributed by atoms with Crippen LogP contribution in [-0.2, 0) is 7.05 Å². The third kappa shape index (κ3) is 4.60. The van der Waals surface area contributed by atoms with Gasteiger partial charge >= 0.3 is 0 Å². The molecule has 0 fully saturated rings. The molecule has 0 radical (unpaired) electrons. The van der Waals surface area contributed by atoms with Crippen molar-refractivity contribution in [3.8, 4) is 39.1 Å². The first-order valence-corrected chi connectivity index (χ1v) is 21.2. The lowest BCUT2D eigenvalue weighted by atomic mass is 9.96. The Kier molecular flexibility index (Phi) is 6.49. The molecule has 61 heavy (non-hydrogen) atoms.